The zero-order valence-electron chi connectivity index (χ0n) is 44.8. The monoisotopic (exact) mass is 957 g/mol. The molecule has 0 bridgehead atoms. The maximum atomic E-state index is 12.9. The highest BCUT2D eigenvalue weighted by atomic mass is 16.6. The Morgan fingerprint density at radius 3 is 1.01 bits per heavy atom. The molecule has 0 saturated carbocycles. The van der Waals surface area contributed by atoms with Crippen LogP contribution in [0.4, 0.5) is 0 Å². The summed E-state index contributed by atoms with van der Waals surface area (Å²) < 4.78 is 16.8. The van der Waals surface area contributed by atoms with Crippen LogP contribution in [0, 0.1) is 0 Å². The highest BCUT2D eigenvalue weighted by molar-refractivity contribution is 5.71. The average molecular weight is 958 g/mol. The highest BCUT2D eigenvalue weighted by Crippen LogP contribution is 2.14. The van der Waals surface area contributed by atoms with Gasteiger partial charge in [0.2, 0.25) is 0 Å². The van der Waals surface area contributed by atoms with E-state index in [1.165, 1.54) is 109 Å². The molecular formula is C63H104O6. The Bertz CT molecular complexity index is 1420. The minimum absolute atomic E-state index is 0.109. The lowest BCUT2D eigenvalue weighted by molar-refractivity contribution is -0.166. The molecule has 392 valence electrons. The molecule has 0 radical (unpaired) electrons. The number of carbonyl (C=O) groups is 3. The van der Waals surface area contributed by atoms with Crippen LogP contribution >= 0.6 is 0 Å². The van der Waals surface area contributed by atoms with Gasteiger partial charge in [-0.2, -0.15) is 0 Å². The topological polar surface area (TPSA) is 78.9 Å². The molecule has 0 aromatic rings. The molecule has 0 aliphatic rings. The van der Waals surface area contributed by atoms with E-state index in [1.54, 1.807) is 0 Å². The molecule has 0 amide bonds. The fraction of sp³-hybridized carbons (Fsp3) is 0.667. The van der Waals surface area contributed by atoms with Gasteiger partial charge in [0, 0.05) is 19.3 Å². The first-order valence-electron chi connectivity index (χ1n) is 28.4. The molecular weight excluding hydrogens is 853 g/mol. The van der Waals surface area contributed by atoms with Crippen molar-refractivity contribution in [2.24, 2.45) is 0 Å². The smallest absolute Gasteiger partial charge is 0.306 e. The Hall–Kier alpha value is -3.93. The Kier molecular flexibility index (Phi) is 53.4. The standard InChI is InChI=1S/C63H104O6/c1-4-7-10-13-16-19-22-25-27-29-31-33-35-38-41-44-47-50-53-56-62(65)68-59-60(58-67-61(64)55-52-49-46-43-40-37-24-21-18-15-12-9-6-3)69-63(66)57-54-51-48-45-42-39-36-34-32-30-28-26-23-20-17-14-11-8-5-2/h7,10,16-17,19-21,24-28,31,33,38,41,47,50,60H,4-6,8-9,11-15,18,22-23,29-30,32,34-37,39-40,42-46,48-49,51-59H2,1-3H3/b10-7-,19-16-,20-17-,24-21-,27-25-,28-26-,33-31-,41-38-,50-47-. The highest BCUT2D eigenvalue weighted by Gasteiger charge is 2.19. The third kappa shape index (κ3) is 54.9. The summed E-state index contributed by atoms with van der Waals surface area (Å²) in [5.41, 5.74) is 0. The minimum atomic E-state index is -0.816. The lowest BCUT2D eigenvalue weighted by Crippen LogP contribution is -2.30. The van der Waals surface area contributed by atoms with Gasteiger partial charge in [-0.1, -0.05) is 226 Å². The zero-order valence-corrected chi connectivity index (χ0v) is 44.8. The summed E-state index contributed by atoms with van der Waals surface area (Å²) in [6.07, 6.45) is 76.6. The van der Waals surface area contributed by atoms with Crippen molar-refractivity contribution in [2.45, 2.75) is 258 Å². The fourth-order valence-electron chi connectivity index (χ4n) is 7.49. The lowest BCUT2D eigenvalue weighted by atomic mass is 10.1. The first-order valence-corrected chi connectivity index (χ1v) is 28.4. The van der Waals surface area contributed by atoms with Crippen LogP contribution in [0.15, 0.2) is 109 Å². The lowest BCUT2D eigenvalue weighted by Gasteiger charge is -2.18. The van der Waals surface area contributed by atoms with E-state index in [9.17, 15) is 14.4 Å². The Labute approximate surface area is 425 Å². The molecule has 1 unspecified atom stereocenters. The van der Waals surface area contributed by atoms with E-state index in [2.05, 4.69) is 124 Å². The van der Waals surface area contributed by atoms with Crippen LogP contribution < -0.4 is 0 Å². The molecule has 69 heavy (non-hydrogen) atoms. The van der Waals surface area contributed by atoms with Crippen molar-refractivity contribution < 1.29 is 28.6 Å². The van der Waals surface area contributed by atoms with Crippen LogP contribution in [-0.4, -0.2) is 37.2 Å². The molecule has 0 aliphatic heterocycles. The van der Waals surface area contributed by atoms with Gasteiger partial charge in [-0.05, 0) is 116 Å². The van der Waals surface area contributed by atoms with E-state index in [0.717, 1.165) is 96.3 Å². The van der Waals surface area contributed by atoms with Crippen LogP contribution in [0.2, 0.25) is 0 Å². The van der Waals surface area contributed by atoms with E-state index in [-0.39, 0.29) is 37.5 Å². The number of carbonyl (C=O) groups excluding carboxylic acids is 3. The molecule has 0 aliphatic carbocycles. The third-order valence-corrected chi connectivity index (χ3v) is 11.7. The van der Waals surface area contributed by atoms with Gasteiger partial charge in [0.15, 0.2) is 6.10 Å². The van der Waals surface area contributed by atoms with Gasteiger partial charge in [0.1, 0.15) is 13.2 Å². The van der Waals surface area contributed by atoms with Gasteiger partial charge in [-0.15, -0.1) is 0 Å². The van der Waals surface area contributed by atoms with Crippen molar-refractivity contribution >= 4 is 17.9 Å². The van der Waals surface area contributed by atoms with E-state index < -0.39 is 6.10 Å². The Morgan fingerprint density at radius 2 is 0.594 bits per heavy atom. The van der Waals surface area contributed by atoms with Crippen molar-refractivity contribution in [3.05, 3.63) is 109 Å². The molecule has 0 spiro atoms. The molecule has 0 N–H and O–H groups in total. The van der Waals surface area contributed by atoms with E-state index in [4.69, 9.17) is 14.2 Å². The van der Waals surface area contributed by atoms with Gasteiger partial charge in [0.25, 0.3) is 0 Å². The molecule has 0 heterocycles. The van der Waals surface area contributed by atoms with Gasteiger partial charge < -0.3 is 14.2 Å². The molecule has 1 atom stereocenters. The van der Waals surface area contributed by atoms with Crippen molar-refractivity contribution in [1.82, 2.24) is 0 Å². The normalized spacial score (nSPS) is 12.9. The second kappa shape index (κ2) is 56.7. The number of rotatable bonds is 50. The van der Waals surface area contributed by atoms with E-state index >= 15 is 0 Å². The van der Waals surface area contributed by atoms with Gasteiger partial charge in [0.05, 0.1) is 0 Å². The quantitative estimate of drug-likeness (QED) is 0.0262. The number of ether oxygens (including phenoxy) is 3. The third-order valence-electron chi connectivity index (χ3n) is 11.7. The van der Waals surface area contributed by atoms with Crippen molar-refractivity contribution in [3.63, 3.8) is 0 Å². The summed E-state index contributed by atoms with van der Waals surface area (Å²) in [6.45, 7) is 6.41. The zero-order chi connectivity index (χ0) is 50.0. The summed E-state index contributed by atoms with van der Waals surface area (Å²) in [4.78, 5) is 38.1. The SMILES string of the molecule is CC/C=C\C/C=C\C/C=C\C/C=C\C/C=C\C/C=C\CCC(=O)OCC(COC(=O)CCCCCCC/C=C\CCCCCC)OC(=O)CCCCCCCCCCC/C=C\C/C=C\CCCCC. The molecule has 0 rings (SSSR count). The van der Waals surface area contributed by atoms with Crippen LogP contribution in [0.1, 0.15) is 252 Å². The number of unbranched alkanes of at least 4 members (excludes halogenated alkanes) is 21. The summed E-state index contributed by atoms with van der Waals surface area (Å²) >= 11 is 0. The predicted octanol–water partition coefficient (Wildman–Crippen LogP) is 19.1. The largest absolute Gasteiger partial charge is 0.462 e. The molecule has 0 fully saturated rings. The fourth-order valence-corrected chi connectivity index (χ4v) is 7.49. The summed E-state index contributed by atoms with van der Waals surface area (Å²) in [5, 5.41) is 0. The summed E-state index contributed by atoms with van der Waals surface area (Å²) in [7, 11) is 0. The first-order chi connectivity index (χ1) is 34.0. The maximum Gasteiger partial charge on any atom is 0.306 e. The molecule has 6 nitrogen and oxygen atoms in total. The summed E-state index contributed by atoms with van der Waals surface area (Å²) in [6, 6.07) is 0. The van der Waals surface area contributed by atoms with Crippen LogP contribution in [0.5, 0.6) is 0 Å². The van der Waals surface area contributed by atoms with Crippen LogP contribution in [0.25, 0.3) is 0 Å². The molecule has 0 aromatic carbocycles. The Morgan fingerprint density at radius 1 is 0.304 bits per heavy atom. The molecule has 0 aromatic heterocycles. The number of hydrogen-bond donors (Lipinski definition) is 0. The van der Waals surface area contributed by atoms with Gasteiger partial charge in [-0.25, -0.2) is 0 Å². The van der Waals surface area contributed by atoms with Gasteiger partial charge >= 0.3 is 17.9 Å². The maximum absolute atomic E-state index is 12.9. The van der Waals surface area contributed by atoms with E-state index in [0.29, 0.717) is 19.3 Å². The van der Waals surface area contributed by atoms with Crippen molar-refractivity contribution in [3.8, 4) is 0 Å². The van der Waals surface area contributed by atoms with E-state index in [1.807, 2.05) is 6.08 Å². The van der Waals surface area contributed by atoms with Crippen molar-refractivity contribution in [1.29, 1.82) is 0 Å². The molecule has 0 saturated heterocycles. The number of allylic oxidation sites excluding steroid dienone is 18. The molecule has 6 heteroatoms. The average Bonchev–Trinajstić information content (AvgIpc) is 3.35. The Balaban J connectivity index is 4.51. The minimum Gasteiger partial charge on any atom is -0.462 e. The summed E-state index contributed by atoms with van der Waals surface area (Å²) in [5.74, 6) is -1.01. The number of esters is 3. The van der Waals surface area contributed by atoms with Crippen molar-refractivity contribution in [2.75, 3.05) is 13.2 Å². The second-order valence-corrected chi connectivity index (χ2v) is 18.5. The van der Waals surface area contributed by atoms with Crippen LogP contribution in [-0.2, 0) is 28.6 Å². The number of hydrogen-bond acceptors (Lipinski definition) is 6. The van der Waals surface area contributed by atoms with Crippen LogP contribution in [0.3, 0.4) is 0 Å². The first kappa shape index (κ1) is 65.1. The second-order valence-electron chi connectivity index (χ2n) is 18.5. The van der Waals surface area contributed by atoms with Gasteiger partial charge in [-0.3, -0.25) is 14.4 Å². The predicted molar refractivity (Wildman–Crippen MR) is 297 cm³/mol.